The van der Waals surface area contributed by atoms with Crippen molar-refractivity contribution >= 4 is 39.0 Å². The molecular weight excluding hydrogens is 368 g/mol. The monoisotopic (exact) mass is 382 g/mol. The molecule has 3 aromatic rings. The first kappa shape index (κ1) is 16.1. The van der Waals surface area contributed by atoms with Gasteiger partial charge in [0.15, 0.2) is 0 Å². The molecule has 0 bridgehead atoms. The van der Waals surface area contributed by atoms with Gasteiger partial charge in [0, 0.05) is 15.8 Å². The molecule has 1 aromatic heterocycles. The Morgan fingerprint density at radius 1 is 1.00 bits per heavy atom. The zero-order valence-corrected chi connectivity index (χ0v) is 14.5. The van der Waals surface area contributed by atoms with E-state index in [2.05, 4.69) is 36.5 Å². The van der Waals surface area contributed by atoms with Crippen LogP contribution in [-0.2, 0) is 0 Å². The fraction of sp³-hybridized carbons (Fsp3) is 0.0556. The summed E-state index contributed by atoms with van der Waals surface area (Å²) in [6.07, 6.45) is 2.99. The maximum atomic E-state index is 12.2. The minimum atomic E-state index is -0.296. The molecule has 0 saturated heterocycles. The second kappa shape index (κ2) is 7.23. The Bertz CT molecular complexity index is 851. The zero-order valence-electron chi connectivity index (χ0n) is 13.0. The maximum Gasteiger partial charge on any atom is 0.275 e. The number of hydrogen-bond acceptors (Lipinski definition) is 4. The number of hydrogen-bond donors (Lipinski definition) is 2. The quantitative estimate of drug-likeness (QED) is 0.694. The van der Waals surface area contributed by atoms with Gasteiger partial charge in [0.1, 0.15) is 11.5 Å². The molecule has 0 saturated carbocycles. The number of anilines is 3. The Labute approximate surface area is 148 Å². The van der Waals surface area contributed by atoms with Gasteiger partial charge >= 0.3 is 0 Å². The summed E-state index contributed by atoms with van der Waals surface area (Å²) in [5.41, 5.74) is 2.93. The van der Waals surface area contributed by atoms with Gasteiger partial charge < -0.3 is 10.6 Å². The largest absolute Gasteiger partial charge is 0.339 e. The predicted octanol–water partition coefficient (Wildman–Crippen LogP) is 4.54. The molecule has 1 heterocycles. The number of aromatic nitrogens is 2. The lowest BCUT2D eigenvalue weighted by Gasteiger charge is -2.08. The van der Waals surface area contributed by atoms with Gasteiger partial charge in [-0.15, -0.1) is 0 Å². The maximum absolute atomic E-state index is 12.2. The Morgan fingerprint density at radius 3 is 2.46 bits per heavy atom. The molecule has 0 fully saturated rings. The van der Waals surface area contributed by atoms with Crippen LogP contribution in [0.25, 0.3) is 0 Å². The summed E-state index contributed by atoms with van der Waals surface area (Å²) < 4.78 is 0.997. The van der Waals surface area contributed by atoms with E-state index in [1.165, 1.54) is 12.4 Å². The van der Waals surface area contributed by atoms with E-state index in [0.717, 1.165) is 15.7 Å². The van der Waals surface area contributed by atoms with E-state index in [4.69, 9.17) is 0 Å². The minimum Gasteiger partial charge on any atom is -0.339 e. The smallest absolute Gasteiger partial charge is 0.275 e. The highest BCUT2D eigenvalue weighted by Gasteiger charge is 2.09. The lowest BCUT2D eigenvalue weighted by Crippen LogP contribution is -2.14. The summed E-state index contributed by atoms with van der Waals surface area (Å²) in [5, 5.41) is 5.94. The molecule has 0 aliphatic rings. The van der Waals surface area contributed by atoms with E-state index in [-0.39, 0.29) is 11.6 Å². The summed E-state index contributed by atoms with van der Waals surface area (Å²) in [6.45, 7) is 1.96. The highest BCUT2D eigenvalue weighted by atomic mass is 79.9. The van der Waals surface area contributed by atoms with Gasteiger partial charge in [0.05, 0.1) is 12.4 Å². The van der Waals surface area contributed by atoms with Gasteiger partial charge in [-0.25, -0.2) is 9.97 Å². The Hall–Kier alpha value is -2.73. The van der Waals surface area contributed by atoms with Crippen LogP contribution in [0.15, 0.2) is 65.4 Å². The van der Waals surface area contributed by atoms with Crippen LogP contribution in [0.5, 0.6) is 0 Å². The molecule has 0 atom stereocenters. The average molecular weight is 383 g/mol. The number of amides is 1. The number of carbonyl (C=O) groups excluding carboxylic acids is 1. The van der Waals surface area contributed by atoms with Crippen LogP contribution in [0.3, 0.4) is 0 Å². The first-order valence-electron chi connectivity index (χ1n) is 7.33. The second-order valence-corrected chi connectivity index (χ2v) is 6.05. The molecule has 0 aliphatic heterocycles. The lowest BCUT2D eigenvalue weighted by atomic mass is 10.2. The summed E-state index contributed by atoms with van der Waals surface area (Å²) in [6, 6.07) is 15.3. The Balaban J connectivity index is 1.68. The standard InChI is InChI=1S/C18H15BrN4O/c1-12-9-14(7-8-15(12)19)23-18(24)16-10-21-17(11-20-16)22-13-5-3-2-4-6-13/h2-11H,1H3,(H,21,22)(H,23,24). The van der Waals surface area contributed by atoms with Crippen LogP contribution in [-0.4, -0.2) is 15.9 Å². The van der Waals surface area contributed by atoms with Gasteiger partial charge in [-0.1, -0.05) is 34.1 Å². The Kier molecular flexibility index (Phi) is 4.86. The molecule has 5 nitrogen and oxygen atoms in total. The predicted molar refractivity (Wildman–Crippen MR) is 98.6 cm³/mol. The number of halogens is 1. The number of carbonyl (C=O) groups is 1. The van der Waals surface area contributed by atoms with E-state index in [1.54, 1.807) is 0 Å². The number of benzene rings is 2. The molecule has 0 aliphatic carbocycles. The van der Waals surface area contributed by atoms with E-state index >= 15 is 0 Å². The summed E-state index contributed by atoms with van der Waals surface area (Å²) in [5.74, 6) is 0.285. The van der Waals surface area contributed by atoms with E-state index in [0.29, 0.717) is 11.5 Å². The van der Waals surface area contributed by atoms with Crippen molar-refractivity contribution in [1.29, 1.82) is 0 Å². The summed E-state index contributed by atoms with van der Waals surface area (Å²) >= 11 is 3.43. The normalized spacial score (nSPS) is 10.2. The van der Waals surface area contributed by atoms with Crippen molar-refractivity contribution in [3.8, 4) is 0 Å². The lowest BCUT2D eigenvalue weighted by molar-refractivity contribution is 0.102. The molecule has 0 spiro atoms. The fourth-order valence-electron chi connectivity index (χ4n) is 2.10. The molecule has 1 amide bonds. The third-order valence-corrected chi connectivity index (χ3v) is 4.24. The molecule has 0 unspecified atom stereocenters. The molecule has 120 valence electrons. The van der Waals surface area contributed by atoms with E-state index in [1.807, 2.05) is 55.5 Å². The van der Waals surface area contributed by atoms with Crippen LogP contribution in [0.4, 0.5) is 17.2 Å². The molecule has 2 aromatic carbocycles. The molecular formula is C18H15BrN4O. The molecule has 3 rings (SSSR count). The van der Waals surface area contributed by atoms with Crippen molar-refractivity contribution in [1.82, 2.24) is 9.97 Å². The number of para-hydroxylation sites is 1. The fourth-order valence-corrected chi connectivity index (χ4v) is 2.34. The third kappa shape index (κ3) is 3.97. The van der Waals surface area contributed by atoms with Crippen LogP contribution in [0.1, 0.15) is 16.1 Å². The van der Waals surface area contributed by atoms with Crippen molar-refractivity contribution in [2.45, 2.75) is 6.92 Å². The van der Waals surface area contributed by atoms with Crippen molar-refractivity contribution < 1.29 is 4.79 Å². The first-order chi connectivity index (χ1) is 11.6. The SMILES string of the molecule is Cc1cc(NC(=O)c2cnc(Nc3ccccc3)cn2)ccc1Br. The van der Waals surface area contributed by atoms with Crippen LogP contribution >= 0.6 is 15.9 Å². The van der Waals surface area contributed by atoms with Crippen molar-refractivity contribution in [2.24, 2.45) is 0 Å². The van der Waals surface area contributed by atoms with Crippen molar-refractivity contribution in [3.05, 3.63) is 76.7 Å². The van der Waals surface area contributed by atoms with Gasteiger partial charge in [-0.3, -0.25) is 4.79 Å². The van der Waals surface area contributed by atoms with E-state index in [9.17, 15) is 4.79 Å². The summed E-state index contributed by atoms with van der Waals surface area (Å²) in [7, 11) is 0. The minimum absolute atomic E-state index is 0.259. The topological polar surface area (TPSA) is 66.9 Å². The Morgan fingerprint density at radius 2 is 1.79 bits per heavy atom. The van der Waals surface area contributed by atoms with Crippen LogP contribution in [0.2, 0.25) is 0 Å². The highest BCUT2D eigenvalue weighted by Crippen LogP contribution is 2.20. The molecule has 6 heteroatoms. The highest BCUT2D eigenvalue weighted by molar-refractivity contribution is 9.10. The number of aryl methyl sites for hydroxylation is 1. The van der Waals surface area contributed by atoms with Gasteiger partial charge in [-0.2, -0.15) is 0 Å². The number of rotatable bonds is 4. The number of nitrogens with one attached hydrogen (secondary N) is 2. The molecule has 0 radical (unpaired) electrons. The third-order valence-electron chi connectivity index (χ3n) is 3.35. The van der Waals surface area contributed by atoms with E-state index < -0.39 is 0 Å². The van der Waals surface area contributed by atoms with Crippen molar-refractivity contribution in [2.75, 3.05) is 10.6 Å². The van der Waals surface area contributed by atoms with Gasteiger partial charge in [0.2, 0.25) is 0 Å². The van der Waals surface area contributed by atoms with Gasteiger partial charge in [-0.05, 0) is 42.8 Å². The second-order valence-electron chi connectivity index (χ2n) is 5.20. The first-order valence-corrected chi connectivity index (χ1v) is 8.13. The van der Waals surface area contributed by atoms with Gasteiger partial charge in [0.25, 0.3) is 5.91 Å². The van der Waals surface area contributed by atoms with Crippen LogP contribution in [0, 0.1) is 6.92 Å². The molecule has 24 heavy (non-hydrogen) atoms. The zero-order chi connectivity index (χ0) is 16.9. The van der Waals surface area contributed by atoms with Crippen LogP contribution < -0.4 is 10.6 Å². The molecule has 2 N–H and O–H groups in total. The summed E-state index contributed by atoms with van der Waals surface area (Å²) in [4.78, 5) is 20.6. The number of nitrogens with zero attached hydrogens (tertiary/aromatic N) is 2. The van der Waals surface area contributed by atoms with Crippen molar-refractivity contribution in [3.63, 3.8) is 0 Å². The average Bonchev–Trinajstić information content (AvgIpc) is 2.60.